The zero-order valence-corrected chi connectivity index (χ0v) is 19.1. The van der Waals surface area contributed by atoms with Crippen LogP contribution in [0.25, 0.3) is 11.2 Å². The first-order valence-corrected chi connectivity index (χ1v) is 12.2. The van der Waals surface area contributed by atoms with E-state index in [0.717, 1.165) is 15.7 Å². The highest BCUT2D eigenvalue weighted by atomic mass is 32.2. The average Bonchev–Trinajstić information content (AvgIpc) is 3.33. The second-order valence-electron chi connectivity index (χ2n) is 8.59. The molecule has 0 N–H and O–H groups in total. The van der Waals surface area contributed by atoms with Gasteiger partial charge in [0.1, 0.15) is 0 Å². The number of anilines is 1. The zero-order valence-electron chi connectivity index (χ0n) is 18.3. The van der Waals surface area contributed by atoms with E-state index in [0.29, 0.717) is 23.6 Å². The molecule has 0 spiro atoms. The number of hydrazone groups is 1. The number of benzene rings is 1. The van der Waals surface area contributed by atoms with Crippen molar-refractivity contribution >= 4 is 32.7 Å². The van der Waals surface area contributed by atoms with Crippen molar-refractivity contribution in [2.75, 3.05) is 16.5 Å². The number of sulfone groups is 1. The molecule has 0 bridgehead atoms. The molecule has 1 fully saturated rings. The van der Waals surface area contributed by atoms with Crippen LogP contribution in [-0.4, -0.2) is 50.4 Å². The standard InChI is InChI=1S/C21H24N6O4S/c1-12-5-7-14(8-6-12)16-13(2)26-17-18(24(3)21(29)25(4)19(17)28)22-20(26)27(23-16)15-9-10-32(30,31)11-15/h5-8,13,15H,9-11H2,1-4H3/t13-,15-/m0/s1. The van der Waals surface area contributed by atoms with Gasteiger partial charge in [-0.3, -0.25) is 18.5 Å². The lowest BCUT2D eigenvalue weighted by molar-refractivity contribution is 0.578. The lowest BCUT2D eigenvalue weighted by Crippen LogP contribution is -2.41. The number of fused-ring (bicyclic) bond motifs is 3. The smallest absolute Gasteiger partial charge is 0.294 e. The van der Waals surface area contributed by atoms with Crippen molar-refractivity contribution < 1.29 is 8.42 Å². The third kappa shape index (κ3) is 2.94. The molecule has 0 saturated carbocycles. The number of nitrogens with zero attached hydrogens (tertiary/aromatic N) is 6. The summed E-state index contributed by atoms with van der Waals surface area (Å²) in [5, 5.41) is 6.49. The fourth-order valence-corrected chi connectivity index (χ4v) is 6.23. The van der Waals surface area contributed by atoms with Gasteiger partial charge in [-0.25, -0.2) is 18.2 Å². The second kappa shape index (κ2) is 6.89. The van der Waals surface area contributed by atoms with Crippen LogP contribution in [0.3, 0.4) is 0 Å². The summed E-state index contributed by atoms with van der Waals surface area (Å²) < 4.78 is 28.6. The Bertz CT molecular complexity index is 1510. The summed E-state index contributed by atoms with van der Waals surface area (Å²) in [7, 11) is -0.170. The van der Waals surface area contributed by atoms with Crippen molar-refractivity contribution in [1.29, 1.82) is 0 Å². The summed E-state index contributed by atoms with van der Waals surface area (Å²) in [5.41, 5.74) is 2.32. The van der Waals surface area contributed by atoms with Crippen molar-refractivity contribution in [2.24, 2.45) is 19.2 Å². The monoisotopic (exact) mass is 456 g/mol. The number of rotatable bonds is 2. The van der Waals surface area contributed by atoms with Gasteiger partial charge in [-0.15, -0.1) is 0 Å². The Morgan fingerprint density at radius 3 is 2.38 bits per heavy atom. The molecule has 32 heavy (non-hydrogen) atoms. The highest BCUT2D eigenvalue weighted by molar-refractivity contribution is 7.91. The van der Waals surface area contributed by atoms with Gasteiger partial charge in [0.05, 0.1) is 29.3 Å². The molecule has 2 aliphatic rings. The molecule has 11 heteroatoms. The maximum atomic E-state index is 13.1. The van der Waals surface area contributed by atoms with Gasteiger partial charge in [-0.05, 0) is 25.8 Å². The van der Waals surface area contributed by atoms with E-state index in [4.69, 9.17) is 5.10 Å². The van der Waals surface area contributed by atoms with Gasteiger partial charge < -0.3 is 0 Å². The van der Waals surface area contributed by atoms with Crippen LogP contribution in [0.15, 0.2) is 39.0 Å². The van der Waals surface area contributed by atoms with Crippen molar-refractivity contribution in [3.63, 3.8) is 0 Å². The van der Waals surface area contributed by atoms with Crippen molar-refractivity contribution in [2.45, 2.75) is 32.4 Å². The Balaban J connectivity index is 1.81. The van der Waals surface area contributed by atoms with Crippen LogP contribution < -0.4 is 16.3 Å². The van der Waals surface area contributed by atoms with Crippen molar-refractivity contribution in [3.05, 3.63) is 56.2 Å². The Labute approximate surface area is 184 Å². The highest BCUT2D eigenvalue weighted by Crippen LogP contribution is 2.35. The number of hydrogen-bond acceptors (Lipinski definition) is 7. The van der Waals surface area contributed by atoms with E-state index in [1.807, 2.05) is 38.1 Å². The summed E-state index contributed by atoms with van der Waals surface area (Å²) in [6, 6.07) is 7.15. The molecule has 3 aromatic rings. The largest absolute Gasteiger partial charge is 0.332 e. The molecule has 10 nitrogen and oxygen atoms in total. The van der Waals surface area contributed by atoms with E-state index in [1.165, 1.54) is 11.6 Å². The molecular formula is C21H24N6O4S. The summed E-state index contributed by atoms with van der Waals surface area (Å²) in [6.07, 6.45) is 0.418. The molecule has 2 aromatic heterocycles. The first-order chi connectivity index (χ1) is 15.1. The summed E-state index contributed by atoms with van der Waals surface area (Å²) in [4.78, 5) is 30.2. The normalized spacial score (nSPS) is 22.2. The van der Waals surface area contributed by atoms with E-state index in [2.05, 4.69) is 4.98 Å². The number of aryl methyl sites for hydroxylation is 2. The molecule has 0 aliphatic carbocycles. The van der Waals surface area contributed by atoms with Crippen molar-refractivity contribution in [3.8, 4) is 0 Å². The molecule has 5 rings (SSSR count). The van der Waals surface area contributed by atoms with Crippen molar-refractivity contribution in [1.82, 2.24) is 18.7 Å². The lowest BCUT2D eigenvalue weighted by atomic mass is 10.0. The summed E-state index contributed by atoms with van der Waals surface area (Å²) >= 11 is 0. The summed E-state index contributed by atoms with van der Waals surface area (Å²) in [6.45, 7) is 3.92. The zero-order chi connectivity index (χ0) is 22.9. The SMILES string of the molecule is Cc1ccc(C2=NN([C@H]3CCS(=O)(=O)C3)c3nc4c(c(=O)n(C)c(=O)n4C)n3[C@H]2C)cc1. The van der Waals surface area contributed by atoms with Gasteiger partial charge in [0, 0.05) is 14.1 Å². The Hall–Kier alpha value is -3.21. The predicted molar refractivity (Wildman–Crippen MR) is 122 cm³/mol. The molecule has 0 radical (unpaired) electrons. The van der Waals surface area contributed by atoms with Crippen LogP contribution in [-0.2, 0) is 23.9 Å². The number of imidazole rings is 1. The van der Waals surface area contributed by atoms with Crippen LogP contribution in [0.1, 0.15) is 30.5 Å². The molecule has 168 valence electrons. The van der Waals surface area contributed by atoms with Crippen LogP contribution in [0.5, 0.6) is 0 Å². The van der Waals surface area contributed by atoms with Gasteiger partial charge >= 0.3 is 5.69 Å². The minimum absolute atomic E-state index is 0.0355. The maximum Gasteiger partial charge on any atom is 0.332 e. The highest BCUT2D eigenvalue weighted by Gasteiger charge is 2.39. The third-order valence-corrected chi connectivity index (χ3v) is 8.13. The van der Waals surface area contributed by atoms with Gasteiger partial charge in [0.2, 0.25) is 5.95 Å². The van der Waals surface area contributed by atoms with E-state index in [1.54, 1.807) is 16.6 Å². The van der Waals surface area contributed by atoms with Crippen LogP contribution in [0.4, 0.5) is 5.95 Å². The fourth-order valence-electron chi connectivity index (χ4n) is 4.53. The average molecular weight is 457 g/mol. The maximum absolute atomic E-state index is 13.1. The van der Waals surface area contributed by atoms with Crippen LogP contribution in [0.2, 0.25) is 0 Å². The minimum atomic E-state index is -3.18. The van der Waals surface area contributed by atoms with Gasteiger partial charge in [-0.1, -0.05) is 29.8 Å². The topological polar surface area (TPSA) is 112 Å². The van der Waals surface area contributed by atoms with E-state index in [-0.39, 0.29) is 23.2 Å². The summed E-state index contributed by atoms with van der Waals surface area (Å²) in [5.74, 6) is 0.426. The molecule has 0 amide bonds. The molecule has 2 atom stereocenters. The van der Waals surface area contributed by atoms with Crippen LogP contribution in [0, 0.1) is 6.92 Å². The van der Waals surface area contributed by atoms with E-state index < -0.39 is 27.1 Å². The van der Waals surface area contributed by atoms with E-state index >= 15 is 0 Å². The molecule has 1 saturated heterocycles. The van der Waals surface area contributed by atoms with Crippen LogP contribution >= 0.6 is 0 Å². The Morgan fingerprint density at radius 1 is 1.06 bits per heavy atom. The fraction of sp³-hybridized carbons (Fsp3) is 0.429. The minimum Gasteiger partial charge on any atom is -0.294 e. The Morgan fingerprint density at radius 2 is 1.75 bits per heavy atom. The number of aromatic nitrogens is 4. The Kier molecular flexibility index (Phi) is 4.45. The lowest BCUT2D eigenvalue weighted by Gasteiger charge is -2.33. The predicted octanol–water partition coefficient (Wildman–Crippen LogP) is 0.715. The quantitative estimate of drug-likeness (QED) is 0.562. The van der Waals surface area contributed by atoms with Gasteiger partial charge in [0.25, 0.3) is 5.56 Å². The molecular weight excluding hydrogens is 432 g/mol. The van der Waals surface area contributed by atoms with Gasteiger partial charge in [-0.2, -0.15) is 10.1 Å². The second-order valence-corrected chi connectivity index (χ2v) is 10.8. The molecule has 0 unspecified atom stereocenters. The first-order valence-electron chi connectivity index (χ1n) is 10.4. The molecule has 1 aromatic carbocycles. The molecule has 4 heterocycles. The first kappa shape index (κ1) is 20.7. The number of hydrogen-bond donors (Lipinski definition) is 0. The van der Waals surface area contributed by atoms with Gasteiger partial charge in [0.15, 0.2) is 21.0 Å². The third-order valence-electron chi connectivity index (χ3n) is 6.38. The molecule has 2 aliphatic heterocycles. The van der Waals surface area contributed by atoms with E-state index in [9.17, 15) is 18.0 Å².